The minimum Gasteiger partial charge on any atom is -0.481 e. The topological polar surface area (TPSA) is 109 Å². The van der Waals surface area contributed by atoms with Crippen LogP contribution < -0.4 is 10.5 Å². The fourth-order valence-electron chi connectivity index (χ4n) is 1.21. The summed E-state index contributed by atoms with van der Waals surface area (Å²) >= 11 is 0. The summed E-state index contributed by atoms with van der Waals surface area (Å²) in [4.78, 5) is 10.2. The lowest BCUT2D eigenvalue weighted by molar-refractivity contribution is -0.136. The number of carboxylic acids is 1. The quantitative estimate of drug-likeness (QED) is 0.531. The van der Waals surface area contributed by atoms with Crippen molar-refractivity contribution in [3.8, 4) is 0 Å². The van der Waals surface area contributed by atoms with Crippen LogP contribution in [0.15, 0.2) is 0 Å². The zero-order valence-electron chi connectivity index (χ0n) is 8.35. The van der Waals surface area contributed by atoms with Crippen molar-refractivity contribution < 1.29 is 18.3 Å². The summed E-state index contributed by atoms with van der Waals surface area (Å²) in [7, 11) is -3.49. The van der Waals surface area contributed by atoms with Crippen LogP contribution in [-0.2, 0) is 14.8 Å². The van der Waals surface area contributed by atoms with Gasteiger partial charge in [-0.25, -0.2) is 13.1 Å². The Balaban J connectivity index is 2.25. The maximum absolute atomic E-state index is 11.3. The molecule has 88 valence electrons. The van der Waals surface area contributed by atoms with Crippen molar-refractivity contribution in [1.29, 1.82) is 0 Å². The van der Waals surface area contributed by atoms with E-state index < -0.39 is 16.0 Å². The van der Waals surface area contributed by atoms with Gasteiger partial charge < -0.3 is 10.8 Å². The predicted molar refractivity (Wildman–Crippen MR) is 54.7 cm³/mol. The molecular weight excluding hydrogens is 220 g/mol. The van der Waals surface area contributed by atoms with Crippen molar-refractivity contribution in [2.45, 2.75) is 25.3 Å². The number of sulfonamides is 1. The SMILES string of the molecule is NC(CNS(=O)(=O)CCC(=O)O)C1CC1. The number of rotatable bonds is 7. The lowest BCUT2D eigenvalue weighted by Gasteiger charge is -2.11. The molecule has 0 radical (unpaired) electrons. The van der Waals surface area contributed by atoms with Crippen LogP contribution >= 0.6 is 0 Å². The Hall–Kier alpha value is -0.660. The van der Waals surface area contributed by atoms with Crippen LogP contribution in [0, 0.1) is 5.92 Å². The molecule has 7 heteroatoms. The highest BCUT2D eigenvalue weighted by molar-refractivity contribution is 7.89. The summed E-state index contributed by atoms with van der Waals surface area (Å²) in [6.07, 6.45) is 1.73. The normalized spacial score (nSPS) is 18.7. The Bertz CT molecular complexity index is 324. The summed E-state index contributed by atoms with van der Waals surface area (Å²) in [5.41, 5.74) is 5.70. The first kappa shape index (κ1) is 12.4. The van der Waals surface area contributed by atoms with Crippen molar-refractivity contribution in [2.75, 3.05) is 12.3 Å². The second kappa shape index (κ2) is 4.91. The molecule has 0 aromatic heterocycles. The van der Waals surface area contributed by atoms with E-state index in [1.54, 1.807) is 0 Å². The fourth-order valence-corrected chi connectivity index (χ4v) is 2.24. The zero-order chi connectivity index (χ0) is 11.5. The van der Waals surface area contributed by atoms with Gasteiger partial charge in [-0.2, -0.15) is 0 Å². The molecule has 1 fully saturated rings. The number of hydrogen-bond acceptors (Lipinski definition) is 4. The van der Waals surface area contributed by atoms with Gasteiger partial charge in [-0.3, -0.25) is 4.79 Å². The molecule has 0 amide bonds. The van der Waals surface area contributed by atoms with Crippen LogP contribution in [0.2, 0.25) is 0 Å². The lowest BCUT2D eigenvalue weighted by atomic mass is 10.2. The van der Waals surface area contributed by atoms with Gasteiger partial charge in [0.2, 0.25) is 10.0 Å². The average molecular weight is 236 g/mol. The van der Waals surface area contributed by atoms with Gasteiger partial charge in [0.15, 0.2) is 0 Å². The van der Waals surface area contributed by atoms with E-state index in [9.17, 15) is 13.2 Å². The maximum Gasteiger partial charge on any atom is 0.304 e. The number of carboxylic acid groups (broad SMARTS) is 1. The van der Waals surface area contributed by atoms with E-state index in [0.717, 1.165) is 12.8 Å². The number of hydrogen-bond donors (Lipinski definition) is 3. The molecule has 0 aliphatic heterocycles. The molecule has 6 nitrogen and oxygen atoms in total. The fraction of sp³-hybridized carbons (Fsp3) is 0.875. The highest BCUT2D eigenvalue weighted by Gasteiger charge is 2.29. The molecule has 1 aliphatic rings. The van der Waals surface area contributed by atoms with Gasteiger partial charge in [-0.1, -0.05) is 0 Å². The van der Waals surface area contributed by atoms with E-state index in [4.69, 9.17) is 10.8 Å². The van der Waals surface area contributed by atoms with E-state index in [1.165, 1.54) is 0 Å². The van der Waals surface area contributed by atoms with Crippen LogP contribution in [0.25, 0.3) is 0 Å². The summed E-state index contributed by atoms with van der Waals surface area (Å²) in [5.74, 6) is -1.08. The third-order valence-corrected chi connectivity index (χ3v) is 3.70. The first-order chi connectivity index (χ1) is 6.91. The van der Waals surface area contributed by atoms with Crippen LogP contribution in [0.3, 0.4) is 0 Å². The predicted octanol–water partition coefficient (Wildman–Crippen LogP) is -0.882. The minimum absolute atomic E-state index is 0.149. The van der Waals surface area contributed by atoms with Crippen molar-refractivity contribution in [2.24, 2.45) is 11.7 Å². The smallest absolute Gasteiger partial charge is 0.304 e. The monoisotopic (exact) mass is 236 g/mol. The van der Waals surface area contributed by atoms with Crippen molar-refractivity contribution in [3.63, 3.8) is 0 Å². The number of aliphatic carboxylic acids is 1. The zero-order valence-corrected chi connectivity index (χ0v) is 9.16. The molecule has 0 heterocycles. The summed E-state index contributed by atoms with van der Waals surface area (Å²) in [6, 6.07) is -0.149. The van der Waals surface area contributed by atoms with Gasteiger partial charge in [-0.15, -0.1) is 0 Å². The Kier molecular flexibility index (Phi) is 4.06. The van der Waals surface area contributed by atoms with Gasteiger partial charge in [0.25, 0.3) is 0 Å². The molecule has 0 aromatic carbocycles. The second-order valence-corrected chi connectivity index (χ2v) is 5.74. The number of nitrogens with one attached hydrogen (secondary N) is 1. The molecule has 0 bridgehead atoms. The van der Waals surface area contributed by atoms with Crippen LogP contribution in [0.5, 0.6) is 0 Å². The van der Waals surface area contributed by atoms with Crippen LogP contribution in [-0.4, -0.2) is 37.8 Å². The van der Waals surface area contributed by atoms with Crippen molar-refractivity contribution in [1.82, 2.24) is 4.72 Å². The molecule has 1 aliphatic carbocycles. The molecule has 1 rings (SSSR count). The molecule has 0 saturated heterocycles. The summed E-state index contributed by atoms with van der Waals surface area (Å²) < 4.78 is 24.8. The molecule has 0 spiro atoms. The Morgan fingerprint density at radius 3 is 2.60 bits per heavy atom. The van der Waals surface area contributed by atoms with Gasteiger partial charge in [0.1, 0.15) is 0 Å². The highest BCUT2D eigenvalue weighted by atomic mass is 32.2. The number of nitrogens with two attached hydrogens (primary N) is 1. The highest BCUT2D eigenvalue weighted by Crippen LogP contribution is 2.31. The largest absolute Gasteiger partial charge is 0.481 e. The average Bonchev–Trinajstić information content (AvgIpc) is 2.94. The van der Waals surface area contributed by atoms with E-state index in [0.29, 0.717) is 5.92 Å². The summed E-state index contributed by atoms with van der Waals surface area (Å²) in [5, 5.41) is 8.34. The van der Waals surface area contributed by atoms with Gasteiger partial charge in [-0.05, 0) is 18.8 Å². The van der Waals surface area contributed by atoms with Crippen LogP contribution in [0.4, 0.5) is 0 Å². The van der Waals surface area contributed by atoms with Gasteiger partial charge in [0.05, 0.1) is 12.2 Å². The Morgan fingerprint density at radius 2 is 2.13 bits per heavy atom. The maximum atomic E-state index is 11.3. The molecule has 1 atom stereocenters. The summed E-state index contributed by atoms with van der Waals surface area (Å²) in [6.45, 7) is 0.201. The van der Waals surface area contributed by atoms with Crippen molar-refractivity contribution >= 4 is 16.0 Å². The second-order valence-electron chi connectivity index (χ2n) is 3.81. The van der Waals surface area contributed by atoms with Crippen LogP contribution in [0.1, 0.15) is 19.3 Å². The van der Waals surface area contributed by atoms with Gasteiger partial charge in [0, 0.05) is 12.6 Å². The molecule has 0 aromatic rings. The van der Waals surface area contributed by atoms with E-state index in [2.05, 4.69) is 4.72 Å². The molecular formula is C8H16N2O4S. The minimum atomic E-state index is -3.49. The van der Waals surface area contributed by atoms with E-state index in [-0.39, 0.29) is 24.8 Å². The Morgan fingerprint density at radius 1 is 1.53 bits per heavy atom. The third-order valence-electron chi connectivity index (χ3n) is 2.35. The van der Waals surface area contributed by atoms with Crippen molar-refractivity contribution in [3.05, 3.63) is 0 Å². The standard InChI is InChI=1S/C8H16N2O4S/c9-7(6-1-2-6)5-10-15(13,14)4-3-8(11)12/h6-7,10H,1-5,9H2,(H,11,12). The van der Waals surface area contributed by atoms with E-state index in [1.807, 2.05) is 0 Å². The third kappa shape index (κ3) is 5.10. The van der Waals surface area contributed by atoms with E-state index >= 15 is 0 Å². The molecule has 1 saturated carbocycles. The molecule has 1 unspecified atom stereocenters. The van der Waals surface area contributed by atoms with Gasteiger partial charge >= 0.3 is 5.97 Å². The molecule has 4 N–H and O–H groups in total. The Labute approximate surface area is 88.9 Å². The molecule has 15 heavy (non-hydrogen) atoms. The first-order valence-electron chi connectivity index (χ1n) is 4.85. The lowest BCUT2D eigenvalue weighted by Crippen LogP contribution is -2.39. The number of carbonyl (C=O) groups is 1. The first-order valence-corrected chi connectivity index (χ1v) is 6.50.